The van der Waals surface area contributed by atoms with E-state index in [1.807, 2.05) is 66.7 Å². The molecule has 0 bridgehead atoms. The monoisotopic (exact) mass is 535 g/mol. The minimum Gasteiger partial charge on any atom is -0.496 e. The van der Waals surface area contributed by atoms with Crippen molar-refractivity contribution in [3.63, 3.8) is 0 Å². The maximum Gasteiger partial charge on any atom is 0.411 e. The summed E-state index contributed by atoms with van der Waals surface area (Å²) in [7, 11) is 1.67. The summed E-state index contributed by atoms with van der Waals surface area (Å²) in [5, 5.41) is 12.2. The summed E-state index contributed by atoms with van der Waals surface area (Å²) in [6.07, 6.45) is -0.0755. The first-order valence-corrected chi connectivity index (χ1v) is 13.4. The Morgan fingerprint density at radius 1 is 1.08 bits per heavy atom. The molecule has 0 radical (unpaired) electrons. The molecule has 4 atom stereocenters. The number of aliphatic hydroxyl groups excluding tert-OH is 1. The normalized spacial score (nSPS) is 20.9. The quantitative estimate of drug-likeness (QED) is 0.226. The summed E-state index contributed by atoms with van der Waals surface area (Å²) in [6, 6.07) is 23.1. The molecular formula is C30H33NO6S. The molecule has 4 rings (SSSR count). The fraction of sp³-hybridized carbons (Fsp3) is 0.300. The minimum atomic E-state index is -0.650. The molecule has 0 aromatic heterocycles. The number of carbonyl (C=O) groups is 1. The van der Waals surface area contributed by atoms with E-state index in [0.717, 1.165) is 27.3 Å². The molecule has 4 unspecified atom stereocenters. The largest absolute Gasteiger partial charge is 0.496 e. The van der Waals surface area contributed by atoms with Gasteiger partial charge in [0.15, 0.2) is 6.29 Å². The number of benzene rings is 3. The third-order valence-corrected chi connectivity index (χ3v) is 7.48. The van der Waals surface area contributed by atoms with Crippen LogP contribution in [0, 0.1) is 5.92 Å². The van der Waals surface area contributed by atoms with Crippen LogP contribution in [0.4, 0.5) is 10.5 Å². The van der Waals surface area contributed by atoms with Crippen molar-refractivity contribution in [1.29, 1.82) is 0 Å². The van der Waals surface area contributed by atoms with Gasteiger partial charge >= 0.3 is 6.09 Å². The summed E-state index contributed by atoms with van der Waals surface area (Å²) in [6.45, 7) is 5.79. The zero-order chi connectivity index (χ0) is 26.9. The Labute approximate surface area is 227 Å². The van der Waals surface area contributed by atoms with Gasteiger partial charge < -0.3 is 24.1 Å². The molecule has 1 saturated heterocycles. The van der Waals surface area contributed by atoms with Crippen molar-refractivity contribution in [3.8, 4) is 5.75 Å². The van der Waals surface area contributed by atoms with Crippen LogP contribution >= 0.6 is 11.8 Å². The summed E-state index contributed by atoms with van der Waals surface area (Å²) >= 11 is 1.68. The van der Waals surface area contributed by atoms with Crippen LogP contribution in [0.3, 0.4) is 0 Å². The van der Waals surface area contributed by atoms with Gasteiger partial charge in [-0.05, 0) is 35.4 Å². The number of ether oxygens (including phenoxy) is 4. The van der Waals surface area contributed by atoms with Crippen LogP contribution in [0.1, 0.15) is 36.0 Å². The first kappa shape index (κ1) is 27.7. The van der Waals surface area contributed by atoms with Crippen molar-refractivity contribution in [2.75, 3.05) is 24.8 Å². The Bertz CT molecular complexity index is 1220. The number of methoxy groups -OCH3 is 1. The highest BCUT2D eigenvalue weighted by atomic mass is 32.2. The Balaban J connectivity index is 1.58. The second-order valence-corrected chi connectivity index (χ2v) is 9.98. The number of thioether (sulfide) groups is 1. The van der Waals surface area contributed by atoms with Crippen molar-refractivity contribution >= 4 is 23.5 Å². The van der Waals surface area contributed by atoms with Gasteiger partial charge in [-0.3, -0.25) is 5.32 Å². The topological polar surface area (TPSA) is 86.3 Å². The lowest BCUT2D eigenvalue weighted by Crippen LogP contribution is -2.38. The fourth-order valence-electron chi connectivity index (χ4n) is 4.27. The van der Waals surface area contributed by atoms with Crippen LogP contribution in [-0.4, -0.2) is 36.8 Å². The van der Waals surface area contributed by atoms with E-state index in [1.165, 1.54) is 6.08 Å². The molecule has 200 valence electrons. The Morgan fingerprint density at radius 2 is 1.87 bits per heavy atom. The average molecular weight is 536 g/mol. The van der Waals surface area contributed by atoms with E-state index >= 15 is 0 Å². The van der Waals surface area contributed by atoms with Gasteiger partial charge in [0.25, 0.3) is 0 Å². The second kappa shape index (κ2) is 13.5. The molecule has 0 aliphatic carbocycles. The van der Waals surface area contributed by atoms with Gasteiger partial charge in [-0.1, -0.05) is 68.1 Å². The molecule has 1 fully saturated rings. The first-order valence-electron chi connectivity index (χ1n) is 12.4. The molecule has 1 amide bonds. The Kier molecular flexibility index (Phi) is 9.84. The predicted molar refractivity (Wildman–Crippen MR) is 148 cm³/mol. The van der Waals surface area contributed by atoms with Crippen LogP contribution in [0.15, 0.2) is 90.3 Å². The molecule has 0 saturated carbocycles. The number of carbonyl (C=O) groups excluding carboxylic acids is 1. The van der Waals surface area contributed by atoms with Crippen molar-refractivity contribution in [2.24, 2.45) is 5.92 Å². The van der Waals surface area contributed by atoms with E-state index < -0.39 is 12.4 Å². The van der Waals surface area contributed by atoms with Crippen LogP contribution in [-0.2, 0) is 20.8 Å². The van der Waals surface area contributed by atoms with Crippen LogP contribution in [0.2, 0.25) is 0 Å². The third kappa shape index (κ3) is 6.96. The van der Waals surface area contributed by atoms with E-state index in [-0.39, 0.29) is 31.3 Å². The van der Waals surface area contributed by atoms with Crippen molar-refractivity contribution in [3.05, 3.63) is 102 Å². The highest BCUT2D eigenvalue weighted by molar-refractivity contribution is 7.99. The zero-order valence-corrected chi connectivity index (χ0v) is 22.4. The van der Waals surface area contributed by atoms with E-state index in [9.17, 15) is 9.90 Å². The Morgan fingerprint density at radius 3 is 2.61 bits per heavy atom. The smallest absolute Gasteiger partial charge is 0.411 e. The number of hydrogen-bond acceptors (Lipinski definition) is 7. The zero-order valence-electron chi connectivity index (χ0n) is 21.5. The molecule has 0 spiro atoms. The molecule has 3 aromatic rings. The summed E-state index contributed by atoms with van der Waals surface area (Å²) in [5.74, 6) is 1.56. The number of rotatable bonds is 10. The maximum atomic E-state index is 12.0. The number of aliphatic hydroxyl groups is 1. The van der Waals surface area contributed by atoms with Crippen LogP contribution in [0.5, 0.6) is 5.75 Å². The molecule has 1 heterocycles. The number of hydrogen-bond donors (Lipinski definition) is 2. The van der Waals surface area contributed by atoms with Crippen molar-refractivity contribution in [2.45, 2.75) is 36.9 Å². The van der Waals surface area contributed by atoms with E-state index in [1.54, 1.807) is 24.9 Å². The second-order valence-electron chi connectivity index (χ2n) is 8.92. The number of amides is 1. The van der Waals surface area contributed by atoms with Gasteiger partial charge in [-0.2, -0.15) is 0 Å². The van der Waals surface area contributed by atoms with E-state index in [4.69, 9.17) is 18.9 Å². The van der Waals surface area contributed by atoms with Gasteiger partial charge in [0.2, 0.25) is 0 Å². The molecule has 3 aromatic carbocycles. The van der Waals surface area contributed by atoms with Crippen molar-refractivity contribution < 1.29 is 28.8 Å². The molecule has 8 heteroatoms. The minimum absolute atomic E-state index is 0.0136. The lowest BCUT2D eigenvalue weighted by atomic mass is 9.91. The van der Waals surface area contributed by atoms with Gasteiger partial charge in [-0.25, -0.2) is 4.79 Å². The van der Waals surface area contributed by atoms with E-state index in [0.29, 0.717) is 11.4 Å². The summed E-state index contributed by atoms with van der Waals surface area (Å²) in [4.78, 5) is 13.1. The first-order chi connectivity index (χ1) is 18.5. The highest BCUT2D eigenvalue weighted by Gasteiger charge is 2.38. The van der Waals surface area contributed by atoms with Crippen LogP contribution in [0.25, 0.3) is 0 Å². The third-order valence-electron chi connectivity index (χ3n) is 6.33. The molecule has 2 N–H and O–H groups in total. The van der Waals surface area contributed by atoms with Gasteiger partial charge in [-0.15, -0.1) is 11.8 Å². The highest BCUT2D eigenvalue weighted by Crippen LogP contribution is 2.44. The van der Waals surface area contributed by atoms with Gasteiger partial charge in [0.1, 0.15) is 12.4 Å². The number of para-hydroxylation sites is 1. The summed E-state index contributed by atoms with van der Waals surface area (Å²) in [5.41, 5.74) is 3.21. The Hall–Kier alpha value is -3.30. The molecule has 1 aliphatic heterocycles. The lowest BCUT2D eigenvalue weighted by Gasteiger charge is -2.41. The average Bonchev–Trinajstić information content (AvgIpc) is 2.96. The van der Waals surface area contributed by atoms with E-state index in [2.05, 4.69) is 18.8 Å². The molecule has 7 nitrogen and oxygen atoms in total. The molecular weight excluding hydrogens is 502 g/mol. The molecule has 1 aliphatic rings. The lowest BCUT2D eigenvalue weighted by molar-refractivity contribution is -0.268. The summed E-state index contributed by atoms with van der Waals surface area (Å²) < 4.78 is 23.6. The number of nitrogens with one attached hydrogen (secondary N) is 1. The molecule has 38 heavy (non-hydrogen) atoms. The van der Waals surface area contributed by atoms with Crippen molar-refractivity contribution in [1.82, 2.24) is 0 Å². The van der Waals surface area contributed by atoms with Gasteiger partial charge in [0.05, 0.1) is 25.9 Å². The standard InChI is InChI=1S/C30H33NO6S/c1-4-16-35-30(33)31-24-9-7-8-23(17-24)29-36-26(19-38-27-11-6-5-10-25(27)34-3)20(2)28(37-29)22-14-12-21(18-32)13-15-22/h4-15,17,20,26,28-29,32H,1,16,18-19H2,2-3H3,(H,31,33). The number of anilines is 1. The SMILES string of the molecule is C=CCOC(=O)Nc1cccc(C2OC(CSc3ccccc3OC)C(C)C(c3ccc(CO)cc3)O2)c1. The maximum absolute atomic E-state index is 12.0. The predicted octanol–water partition coefficient (Wildman–Crippen LogP) is 6.51. The van der Waals surface area contributed by atoms with Gasteiger partial charge in [0, 0.05) is 27.8 Å². The fourth-order valence-corrected chi connectivity index (χ4v) is 5.47. The van der Waals surface area contributed by atoms with Crippen LogP contribution < -0.4 is 10.1 Å².